The number of aryl methyl sites for hydroxylation is 3. The molecule has 0 aliphatic heterocycles. The third kappa shape index (κ3) is 6.22. The summed E-state index contributed by atoms with van der Waals surface area (Å²) in [7, 11) is -6.92. The molecule has 14 heteroatoms. The van der Waals surface area contributed by atoms with Gasteiger partial charge in [0.15, 0.2) is 11.4 Å². The molecule has 1 amide bonds. The minimum Gasteiger partial charge on any atom is -0.321 e. The Labute approximate surface area is 224 Å². The molecule has 3 N–H and O–H groups in total. The average molecular weight is 574 g/mol. The Bertz CT molecular complexity index is 1770. The first kappa shape index (κ1) is 27.3. The quantitative estimate of drug-likeness (QED) is 0.320. The number of hydrogen-bond acceptors (Lipinski definition) is 7. The fourth-order valence-corrected chi connectivity index (χ4v) is 6.47. The zero-order valence-corrected chi connectivity index (χ0v) is 23.1. The second-order valence-electron chi connectivity index (χ2n) is 8.44. The summed E-state index contributed by atoms with van der Waals surface area (Å²) in [5.74, 6) is -0.277. The van der Waals surface area contributed by atoms with Crippen molar-refractivity contribution in [1.82, 2.24) is 9.78 Å². The van der Waals surface area contributed by atoms with Gasteiger partial charge in [-0.05, 0) is 35.4 Å². The Hall–Kier alpha value is -3.72. The first-order valence-electron chi connectivity index (χ1n) is 11.2. The number of amides is 1. The highest BCUT2D eigenvalue weighted by Crippen LogP contribution is 2.20. The van der Waals surface area contributed by atoms with Gasteiger partial charge in [-0.15, -0.1) is 9.50 Å². The largest absolute Gasteiger partial charge is 0.321 e. The average Bonchev–Trinajstić information content (AvgIpc) is 3.22. The Morgan fingerprint density at radius 3 is 2.16 bits per heavy atom. The molecule has 198 valence electrons. The third-order valence-corrected chi connectivity index (χ3v) is 9.26. The standard InChI is InChI=1S/C24H24N6O5S3/c1-16-13-19(18-7-5-4-6-8-18)14-17(2)30(16)15-22(31)26-20-9-11-21(12-10-20)38(34,35)28-23-29(3)27-24(36-23)37(25,32)33/h4-14H,15H2,1-3H3,(H2-,25,26,31,32,33)/p+1/b28-23-. The van der Waals surface area contributed by atoms with E-state index in [0.717, 1.165) is 27.2 Å². The molecule has 0 aliphatic rings. The van der Waals surface area contributed by atoms with Crippen LogP contribution in [0.5, 0.6) is 0 Å². The van der Waals surface area contributed by atoms with Gasteiger partial charge in [-0.1, -0.05) is 41.7 Å². The number of anilines is 1. The van der Waals surface area contributed by atoms with Crippen molar-refractivity contribution in [2.24, 2.45) is 16.6 Å². The van der Waals surface area contributed by atoms with E-state index in [2.05, 4.69) is 14.8 Å². The molecular formula is C24H25N6O5S3+. The lowest BCUT2D eigenvalue weighted by Crippen LogP contribution is -2.45. The number of pyridine rings is 1. The topological polar surface area (TPSA) is 157 Å². The number of carbonyl (C=O) groups is 1. The number of carbonyl (C=O) groups excluding carboxylic acids is 1. The summed E-state index contributed by atoms with van der Waals surface area (Å²) in [6.07, 6.45) is 0. The zero-order chi connectivity index (χ0) is 27.7. The van der Waals surface area contributed by atoms with Gasteiger partial charge in [0.25, 0.3) is 26.0 Å². The number of nitrogens with zero attached hydrogens (tertiary/aromatic N) is 4. The number of rotatable bonds is 7. The molecule has 2 aromatic heterocycles. The summed E-state index contributed by atoms with van der Waals surface area (Å²) in [5, 5.41) is 11.5. The molecule has 0 unspecified atom stereocenters. The summed E-state index contributed by atoms with van der Waals surface area (Å²) in [5.41, 5.74) is 4.40. The molecule has 11 nitrogen and oxygen atoms in total. The molecule has 0 spiro atoms. The monoisotopic (exact) mass is 573 g/mol. The van der Waals surface area contributed by atoms with Gasteiger partial charge in [-0.2, -0.15) is 13.0 Å². The Morgan fingerprint density at radius 2 is 1.61 bits per heavy atom. The van der Waals surface area contributed by atoms with Gasteiger partial charge in [0.05, 0.1) is 4.90 Å². The summed E-state index contributed by atoms with van der Waals surface area (Å²) >= 11 is 0.536. The van der Waals surface area contributed by atoms with Gasteiger partial charge in [0, 0.05) is 38.7 Å². The van der Waals surface area contributed by atoms with Crippen molar-refractivity contribution < 1.29 is 26.2 Å². The maximum absolute atomic E-state index is 12.7. The molecule has 38 heavy (non-hydrogen) atoms. The van der Waals surface area contributed by atoms with Gasteiger partial charge in [-0.3, -0.25) is 4.79 Å². The van der Waals surface area contributed by atoms with E-state index >= 15 is 0 Å². The Balaban J connectivity index is 1.49. The predicted octanol–water partition coefficient (Wildman–Crippen LogP) is 1.63. The van der Waals surface area contributed by atoms with Crippen LogP contribution in [0.3, 0.4) is 0 Å². The van der Waals surface area contributed by atoms with Crippen LogP contribution in [-0.4, -0.2) is 32.5 Å². The number of sulfonamides is 2. The van der Waals surface area contributed by atoms with E-state index in [1.54, 1.807) is 0 Å². The maximum atomic E-state index is 12.7. The lowest BCUT2D eigenvalue weighted by molar-refractivity contribution is -0.695. The highest BCUT2D eigenvalue weighted by Gasteiger charge is 2.20. The van der Waals surface area contributed by atoms with Crippen LogP contribution in [0.2, 0.25) is 0 Å². The molecular weight excluding hydrogens is 549 g/mol. The van der Waals surface area contributed by atoms with Crippen molar-refractivity contribution >= 4 is 43.0 Å². The van der Waals surface area contributed by atoms with E-state index < -0.39 is 24.4 Å². The first-order valence-corrected chi connectivity index (χ1v) is 15.0. The molecule has 0 radical (unpaired) electrons. The van der Waals surface area contributed by atoms with Crippen LogP contribution in [0.1, 0.15) is 11.4 Å². The molecule has 0 aliphatic carbocycles. The lowest BCUT2D eigenvalue weighted by atomic mass is 10.0. The second kappa shape index (κ2) is 10.6. The van der Waals surface area contributed by atoms with E-state index in [1.165, 1.54) is 31.3 Å². The fourth-order valence-electron chi connectivity index (χ4n) is 3.70. The highest BCUT2D eigenvalue weighted by molar-refractivity contribution is 7.91. The van der Waals surface area contributed by atoms with Gasteiger partial charge in [0.1, 0.15) is 0 Å². The summed E-state index contributed by atoms with van der Waals surface area (Å²) in [4.78, 5) is 12.4. The number of primary sulfonamides is 1. The van der Waals surface area contributed by atoms with E-state index in [9.17, 15) is 21.6 Å². The second-order valence-corrected chi connectivity index (χ2v) is 12.7. The smallest absolute Gasteiger partial charge is 0.290 e. The van der Waals surface area contributed by atoms with E-state index in [0.29, 0.717) is 17.0 Å². The van der Waals surface area contributed by atoms with Crippen molar-refractivity contribution in [3.63, 3.8) is 0 Å². The maximum Gasteiger partial charge on any atom is 0.290 e. The molecule has 0 saturated heterocycles. The molecule has 4 aromatic rings. The van der Waals surface area contributed by atoms with Gasteiger partial charge in [0.2, 0.25) is 15.7 Å². The van der Waals surface area contributed by atoms with E-state index in [4.69, 9.17) is 5.14 Å². The van der Waals surface area contributed by atoms with Crippen LogP contribution in [0, 0.1) is 13.8 Å². The zero-order valence-electron chi connectivity index (χ0n) is 20.7. The van der Waals surface area contributed by atoms with Crippen molar-refractivity contribution in [3.8, 4) is 11.1 Å². The van der Waals surface area contributed by atoms with E-state index in [1.807, 2.05) is 60.9 Å². The number of hydrogen-bond donors (Lipinski definition) is 2. The van der Waals surface area contributed by atoms with Crippen molar-refractivity contribution in [2.45, 2.75) is 29.6 Å². The number of nitrogens with one attached hydrogen (secondary N) is 1. The predicted molar refractivity (Wildman–Crippen MR) is 142 cm³/mol. The van der Waals surface area contributed by atoms with Gasteiger partial charge < -0.3 is 5.32 Å². The molecule has 0 saturated carbocycles. The third-order valence-electron chi connectivity index (χ3n) is 5.55. The Morgan fingerprint density at radius 1 is 1.00 bits per heavy atom. The minimum absolute atomic E-state index is 0.0797. The first-order chi connectivity index (χ1) is 17.8. The van der Waals surface area contributed by atoms with Crippen LogP contribution in [-0.2, 0) is 38.4 Å². The van der Waals surface area contributed by atoms with Gasteiger partial charge in [-0.25, -0.2) is 18.2 Å². The number of aromatic nitrogens is 3. The molecule has 2 heterocycles. The molecule has 4 rings (SSSR count). The van der Waals surface area contributed by atoms with E-state index in [-0.39, 0.29) is 22.1 Å². The number of benzene rings is 2. The van der Waals surface area contributed by atoms with Crippen molar-refractivity contribution in [2.75, 3.05) is 5.32 Å². The number of nitrogens with two attached hydrogens (primary N) is 1. The van der Waals surface area contributed by atoms with Crippen LogP contribution in [0.4, 0.5) is 5.69 Å². The highest BCUT2D eigenvalue weighted by atomic mass is 32.2. The van der Waals surface area contributed by atoms with Crippen molar-refractivity contribution in [1.29, 1.82) is 0 Å². The Kier molecular flexibility index (Phi) is 7.60. The summed E-state index contributed by atoms with van der Waals surface area (Å²) in [6.45, 7) is 3.95. The van der Waals surface area contributed by atoms with Crippen LogP contribution in [0.25, 0.3) is 11.1 Å². The van der Waals surface area contributed by atoms with Crippen LogP contribution in [0.15, 0.2) is 80.4 Å². The molecule has 0 fully saturated rings. The summed E-state index contributed by atoms with van der Waals surface area (Å²) in [6, 6.07) is 19.5. The van der Waals surface area contributed by atoms with Crippen LogP contribution >= 0.6 is 11.3 Å². The van der Waals surface area contributed by atoms with Crippen LogP contribution < -0.4 is 19.8 Å². The fraction of sp³-hybridized carbons (Fsp3) is 0.167. The van der Waals surface area contributed by atoms with Crippen molar-refractivity contribution in [3.05, 3.63) is 82.9 Å². The molecule has 2 aromatic carbocycles. The lowest BCUT2D eigenvalue weighted by Gasteiger charge is -2.09. The molecule has 0 bridgehead atoms. The molecule has 0 atom stereocenters. The normalized spacial score (nSPS) is 12.5. The summed E-state index contributed by atoms with van der Waals surface area (Å²) < 4.78 is 54.5. The minimum atomic E-state index is -4.18. The van der Waals surface area contributed by atoms with Gasteiger partial charge >= 0.3 is 0 Å². The SMILES string of the molecule is Cc1cc(-c2ccccc2)cc(C)[n+]1CC(=O)Nc1ccc(S(=O)(=O)/N=c2\sc(S(N)(=O)=O)nn2C)cc1.